The van der Waals surface area contributed by atoms with Crippen LogP contribution in [0.3, 0.4) is 0 Å². The van der Waals surface area contributed by atoms with Crippen LogP contribution in [0, 0.1) is 5.82 Å². The van der Waals surface area contributed by atoms with Crippen molar-refractivity contribution in [2.75, 3.05) is 51.8 Å². The zero-order valence-electron chi connectivity index (χ0n) is 16.9. The molecule has 2 heterocycles. The van der Waals surface area contributed by atoms with Gasteiger partial charge in [0.05, 0.1) is 20.3 Å². The summed E-state index contributed by atoms with van der Waals surface area (Å²) in [4.78, 5) is 26.0. The van der Waals surface area contributed by atoms with Crippen molar-refractivity contribution in [1.29, 1.82) is 0 Å². The number of halogens is 1. The quantitative estimate of drug-likeness (QED) is 0.526. The van der Waals surface area contributed by atoms with Crippen LogP contribution in [0.1, 0.15) is 15.9 Å². The van der Waals surface area contributed by atoms with Gasteiger partial charge in [-0.3, -0.25) is 10.2 Å². The number of anilines is 1. The molecular weight excluding hydrogens is 431 g/mol. The lowest BCUT2D eigenvalue weighted by molar-refractivity contribution is 0.0388. The van der Waals surface area contributed by atoms with Gasteiger partial charge in [-0.1, -0.05) is 0 Å². The van der Waals surface area contributed by atoms with Gasteiger partial charge in [-0.05, 0) is 23.7 Å². The molecule has 1 aromatic carbocycles. The Morgan fingerprint density at radius 3 is 2.81 bits per heavy atom. The van der Waals surface area contributed by atoms with Gasteiger partial charge in [-0.25, -0.2) is 14.0 Å². The van der Waals surface area contributed by atoms with Crippen molar-refractivity contribution in [3.63, 3.8) is 0 Å². The largest absolute Gasteiger partial charge is 0.497 e. The zero-order chi connectivity index (χ0) is 22.2. The summed E-state index contributed by atoms with van der Waals surface area (Å²) < 4.78 is 33.6. The van der Waals surface area contributed by atoms with E-state index in [0.717, 1.165) is 24.6 Å². The van der Waals surface area contributed by atoms with Crippen molar-refractivity contribution in [1.82, 2.24) is 14.6 Å². The van der Waals surface area contributed by atoms with E-state index in [0.29, 0.717) is 32.1 Å². The minimum atomic E-state index is -1.32. The summed E-state index contributed by atoms with van der Waals surface area (Å²) in [5.74, 6) is -1.71. The average molecular weight is 454 g/mol. The Labute approximate surface area is 182 Å². The summed E-state index contributed by atoms with van der Waals surface area (Å²) in [6, 6.07) is 3.69. The molecule has 31 heavy (non-hydrogen) atoms. The van der Waals surface area contributed by atoms with E-state index in [1.807, 2.05) is 0 Å². The number of hydrogen-bond acceptors (Lipinski definition) is 8. The van der Waals surface area contributed by atoms with Gasteiger partial charge in [0, 0.05) is 37.8 Å². The van der Waals surface area contributed by atoms with Crippen molar-refractivity contribution in [3.8, 4) is 11.6 Å². The first-order chi connectivity index (χ1) is 15.0. The minimum absolute atomic E-state index is 0.0292. The normalized spacial score (nSPS) is 14.1. The third kappa shape index (κ3) is 6.26. The van der Waals surface area contributed by atoms with E-state index >= 15 is 0 Å². The highest BCUT2D eigenvalue weighted by Crippen LogP contribution is 2.31. The molecular formula is C19H23FN4O6S. The number of amides is 2. The number of ether oxygens (including phenoxy) is 3. The number of hydrogen-bond donors (Lipinski definition) is 3. The Bertz CT molecular complexity index is 919. The molecule has 3 N–H and O–H groups in total. The SMILES string of the molecule is COc1ccc(COc2nsc(NC(=O)NCCN3CCOCC3)c2C(=O)O)c(F)c1. The molecule has 0 spiro atoms. The molecule has 1 aliphatic rings. The smallest absolute Gasteiger partial charge is 0.344 e. The molecule has 0 saturated carbocycles. The fraction of sp³-hybridized carbons (Fsp3) is 0.421. The minimum Gasteiger partial charge on any atom is -0.497 e. The number of aromatic carboxylic acids is 1. The molecule has 3 rings (SSSR count). The molecule has 0 bridgehead atoms. The van der Waals surface area contributed by atoms with E-state index in [1.54, 1.807) is 6.07 Å². The highest BCUT2D eigenvalue weighted by atomic mass is 32.1. The highest BCUT2D eigenvalue weighted by Gasteiger charge is 2.24. The number of carboxylic acids is 1. The monoisotopic (exact) mass is 454 g/mol. The van der Waals surface area contributed by atoms with E-state index in [1.165, 1.54) is 19.2 Å². The number of rotatable bonds is 9. The predicted molar refractivity (Wildman–Crippen MR) is 111 cm³/mol. The maximum atomic E-state index is 14.1. The molecule has 0 radical (unpaired) electrons. The van der Waals surface area contributed by atoms with Gasteiger partial charge < -0.3 is 24.6 Å². The number of morpholine rings is 1. The van der Waals surface area contributed by atoms with E-state index in [2.05, 4.69) is 19.9 Å². The number of carbonyl (C=O) groups is 2. The fourth-order valence-electron chi connectivity index (χ4n) is 2.87. The van der Waals surface area contributed by atoms with Crippen LogP contribution in [0.4, 0.5) is 14.2 Å². The van der Waals surface area contributed by atoms with Gasteiger partial charge in [0.1, 0.15) is 23.2 Å². The van der Waals surface area contributed by atoms with Gasteiger partial charge in [0.25, 0.3) is 0 Å². The average Bonchev–Trinajstić information content (AvgIpc) is 3.16. The summed E-state index contributed by atoms with van der Waals surface area (Å²) in [7, 11) is 1.42. The standard InChI is InChI=1S/C19H23FN4O6S/c1-28-13-3-2-12(14(20)10-13)11-30-16-15(18(25)26)17(31-23-16)22-19(27)21-4-5-24-6-8-29-9-7-24/h2-3,10H,4-9,11H2,1H3,(H,25,26)(H2,21,22,27). The summed E-state index contributed by atoms with van der Waals surface area (Å²) in [5, 5.41) is 14.7. The molecule has 10 nitrogen and oxygen atoms in total. The number of nitrogens with one attached hydrogen (secondary N) is 2. The lowest BCUT2D eigenvalue weighted by atomic mass is 10.2. The van der Waals surface area contributed by atoms with E-state index < -0.39 is 17.8 Å². The molecule has 2 amide bonds. The summed E-state index contributed by atoms with van der Waals surface area (Å²) in [6.45, 7) is 3.76. The van der Waals surface area contributed by atoms with Crippen molar-refractivity contribution in [3.05, 3.63) is 35.1 Å². The van der Waals surface area contributed by atoms with Crippen LogP contribution in [0.25, 0.3) is 0 Å². The van der Waals surface area contributed by atoms with Crippen LogP contribution in [0.5, 0.6) is 11.6 Å². The molecule has 12 heteroatoms. The lowest BCUT2D eigenvalue weighted by Crippen LogP contribution is -2.42. The Hall–Kier alpha value is -2.96. The molecule has 0 unspecified atom stereocenters. The van der Waals surface area contributed by atoms with Crippen LogP contribution in [0.2, 0.25) is 0 Å². The number of carbonyl (C=O) groups excluding carboxylic acids is 1. The van der Waals surface area contributed by atoms with Crippen molar-refractivity contribution in [2.24, 2.45) is 0 Å². The maximum Gasteiger partial charge on any atom is 0.344 e. The molecule has 1 aromatic heterocycles. The number of aromatic nitrogens is 1. The van der Waals surface area contributed by atoms with Crippen LogP contribution in [-0.4, -0.2) is 72.9 Å². The Balaban J connectivity index is 1.56. The molecule has 1 fully saturated rings. The van der Waals surface area contributed by atoms with E-state index in [9.17, 15) is 19.1 Å². The number of nitrogens with zero attached hydrogens (tertiary/aromatic N) is 2. The Kier molecular flexibility index (Phi) is 7.98. The molecule has 1 aliphatic heterocycles. The number of benzene rings is 1. The van der Waals surface area contributed by atoms with E-state index in [-0.39, 0.29) is 28.6 Å². The third-order valence-corrected chi connectivity index (χ3v) is 5.29. The van der Waals surface area contributed by atoms with Crippen molar-refractivity contribution < 1.29 is 33.3 Å². The second-order valence-electron chi connectivity index (χ2n) is 6.58. The van der Waals surface area contributed by atoms with Crippen LogP contribution in [-0.2, 0) is 11.3 Å². The van der Waals surface area contributed by atoms with Gasteiger partial charge >= 0.3 is 12.0 Å². The topological polar surface area (TPSA) is 122 Å². The van der Waals surface area contributed by atoms with Gasteiger partial charge in [0.2, 0.25) is 5.88 Å². The van der Waals surface area contributed by atoms with Crippen molar-refractivity contribution in [2.45, 2.75) is 6.61 Å². The second-order valence-corrected chi connectivity index (χ2v) is 7.35. The molecule has 1 saturated heterocycles. The van der Waals surface area contributed by atoms with Crippen LogP contribution in [0.15, 0.2) is 18.2 Å². The zero-order valence-corrected chi connectivity index (χ0v) is 17.7. The lowest BCUT2D eigenvalue weighted by Gasteiger charge is -2.26. The second kappa shape index (κ2) is 10.9. The predicted octanol–water partition coefficient (Wildman–Crippen LogP) is 2.02. The first-order valence-corrected chi connectivity index (χ1v) is 10.3. The van der Waals surface area contributed by atoms with Crippen LogP contribution < -0.4 is 20.1 Å². The first-order valence-electron chi connectivity index (χ1n) is 9.51. The number of methoxy groups -OCH3 is 1. The molecule has 0 aliphatic carbocycles. The highest BCUT2D eigenvalue weighted by molar-refractivity contribution is 7.11. The summed E-state index contributed by atoms with van der Waals surface area (Å²) in [6.07, 6.45) is 0. The first kappa shape index (κ1) is 22.7. The fourth-order valence-corrected chi connectivity index (χ4v) is 3.59. The third-order valence-electron chi connectivity index (χ3n) is 4.54. The van der Waals surface area contributed by atoms with Gasteiger partial charge in [-0.15, -0.1) is 0 Å². The maximum absolute atomic E-state index is 14.1. The molecule has 0 atom stereocenters. The van der Waals surface area contributed by atoms with Gasteiger partial charge in [-0.2, -0.15) is 4.37 Å². The van der Waals surface area contributed by atoms with E-state index in [4.69, 9.17) is 14.2 Å². The molecule has 2 aromatic rings. The number of carboxylic acid groups (broad SMARTS) is 1. The Morgan fingerprint density at radius 1 is 1.35 bits per heavy atom. The Morgan fingerprint density at radius 2 is 2.13 bits per heavy atom. The summed E-state index contributed by atoms with van der Waals surface area (Å²) >= 11 is 0.771. The molecule has 168 valence electrons. The van der Waals surface area contributed by atoms with Crippen molar-refractivity contribution >= 4 is 28.5 Å². The number of urea groups is 1. The van der Waals surface area contributed by atoms with Gasteiger partial charge in [0.15, 0.2) is 5.56 Å². The van der Waals surface area contributed by atoms with Crippen LogP contribution >= 0.6 is 11.5 Å². The summed E-state index contributed by atoms with van der Waals surface area (Å²) in [5.41, 5.74) is -0.0808.